The molecule has 0 aliphatic rings. The van der Waals surface area contributed by atoms with E-state index in [1.165, 1.54) is 27.9 Å². The summed E-state index contributed by atoms with van der Waals surface area (Å²) < 4.78 is 2.20. The lowest BCUT2D eigenvalue weighted by Gasteiger charge is -2.10. The second-order valence-corrected chi connectivity index (χ2v) is 5.43. The highest BCUT2D eigenvalue weighted by Crippen LogP contribution is 2.24. The summed E-state index contributed by atoms with van der Waals surface area (Å²) in [6.07, 6.45) is 2.17. The Kier molecular flexibility index (Phi) is 3.51. The molecule has 0 radical (unpaired) electrons. The highest BCUT2D eigenvalue weighted by molar-refractivity contribution is 5.61. The van der Waals surface area contributed by atoms with Crippen molar-refractivity contribution in [2.24, 2.45) is 7.05 Å². The van der Waals surface area contributed by atoms with Gasteiger partial charge < -0.3 is 0 Å². The van der Waals surface area contributed by atoms with Gasteiger partial charge in [0.1, 0.15) is 7.05 Å². The van der Waals surface area contributed by atoms with Crippen LogP contribution < -0.4 is 4.57 Å². The maximum Gasteiger partial charge on any atom is 0.212 e. The highest BCUT2D eigenvalue weighted by atomic mass is 14.9. The van der Waals surface area contributed by atoms with E-state index in [1.807, 2.05) is 0 Å². The summed E-state index contributed by atoms with van der Waals surface area (Å²) in [6.45, 7) is 8.79. The average molecular weight is 240 g/mol. The summed E-state index contributed by atoms with van der Waals surface area (Å²) in [6, 6.07) is 11.2. The summed E-state index contributed by atoms with van der Waals surface area (Å²) >= 11 is 0. The van der Waals surface area contributed by atoms with E-state index in [-0.39, 0.29) is 0 Å². The highest BCUT2D eigenvalue weighted by Gasteiger charge is 2.13. The van der Waals surface area contributed by atoms with Crippen molar-refractivity contribution in [3.05, 3.63) is 53.2 Å². The number of rotatable bonds is 2. The molecule has 0 atom stereocenters. The molecule has 1 heteroatoms. The Morgan fingerprint density at radius 3 is 2.28 bits per heavy atom. The van der Waals surface area contributed by atoms with Crippen molar-refractivity contribution in [3.63, 3.8) is 0 Å². The Balaban J connectivity index is 2.51. The van der Waals surface area contributed by atoms with E-state index in [9.17, 15) is 0 Å². The quantitative estimate of drug-likeness (QED) is 0.701. The summed E-state index contributed by atoms with van der Waals surface area (Å²) in [5, 5.41) is 0. The van der Waals surface area contributed by atoms with Crippen LogP contribution in [0, 0.1) is 13.8 Å². The second kappa shape index (κ2) is 4.93. The molecule has 0 bridgehead atoms. The van der Waals surface area contributed by atoms with Gasteiger partial charge in [-0.1, -0.05) is 26.0 Å². The van der Waals surface area contributed by atoms with Gasteiger partial charge >= 0.3 is 0 Å². The number of hydrogen-bond acceptors (Lipinski definition) is 0. The fraction of sp³-hybridized carbons (Fsp3) is 0.353. The monoisotopic (exact) mass is 240 g/mol. The molecule has 1 heterocycles. The zero-order valence-electron chi connectivity index (χ0n) is 12.0. The van der Waals surface area contributed by atoms with Crippen molar-refractivity contribution in [1.29, 1.82) is 0 Å². The third kappa shape index (κ3) is 2.45. The third-order valence-corrected chi connectivity index (χ3v) is 3.47. The summed E-state index contributed by atoms with van der Waals surface area (Å²) in [5.74, 6) is 0.588. The van der Waals surface area contributed by atoms with Crippen LogP contribution in [0.4, 0.5) is 0 Å². The van der Waals surface area contributed by atoms with Gasteiger partial charge in [-0.2, -0.15) is 0 Å². The first-order valence-electron chi connectivity index (χ1n) is 6.56. The average Bonchev–Trinajstić information content (AvgIpc) is 2.30. The van der Waals surface area contributed by atoms with Gasteiger partial charge in [0.25, 0.3) is 0 Å². The smallest absolute Gasteiger partial charge is 0.201 e. The van der Waals surface area contributed by atoms with Crippen LogP contribution >= 0.6 is 0 Å². The first-order chi connectivity index (χ1) is 8.49. The zero-order valence-corrected chi connectivity index (χ0v) is 12.0. The molecule has 0 spiro atoms. The molecule has 0 saturated carbocycles. The molecular weight excluding hydrogens is 218 g/mol. The lowest BCUT2D eigenvalue weighted by molar-refractivity contribution is -0.660. The second-order valence-electron chi connectivity index (χ2n) is 5.43. The number of hydrogen-bond donors (Lipinski definition) is 0. The predicted octanol–water partition coefficient (Wildman–Crippen LogP) is 3.92. The maximum absolute atomic E-state index is 2.31. The molecule has 2 aromatic rings. The van der Waals surface area contributed by atoms with Crippen molar-refractivity contribution in [1.82, 2.24) is 0 Å². The Morgan fingerprint density at radius 2 is 1.72 bits per heavy atom. The van der Waals surface area contributed by atoms with Crippen LogP contribution in [0.15, 0.2) is 36.5 Å². The molecule has 0 N–H and O–H groups in total. The van der Waals surface area contributed by atoms with E-state index >= 15 is 0 Å². The molecule has 1 aromatic carbocycles. The van der Waals surface area contributed by atoms with Crippen LogP contribution in [-0.2, 0) is 7.05 Å². The van der Waals surface area contributed by atoms with Gasteiger partial charge in [0.05, 0.1) is 0 Å². The van der Waals surface area contributed by atoms with Gasteiger partial charge in [0.2, 0.25) is 5.69 Å². The maximum atomic E-state index is 2.31. The van der Waals surface area contributed by atoms with Crippen molar-refractivity contribution in [2.75, 3.05) is 0 Å². The Labute approximate surface area is 110 Å². The molecule has 0 aliphatic heterocycles. The van der Waals surface area contributed by atoms with Crippen molar-refractivity contribution >= 4 is 0 Å². The zero-order chi connectivity index (χ0) is 13.3. The molecule has 0 aliphatic carbocycles. The minimum atomic E-state index is 0.588. The van der Waals surface area contributed by atoms with Crippen LogP contribution in [0.1, 0.15) is 36.5 Å². The van der Waals surface area contributed by atoms with E-state index in [0.717, 1.165) is 0 Å². The standard InChI is InChI=1S/C17H22N/c1-12(2)15-7-8-16(14(4)10-15)17-9-6-13(3)11-18(17)5/h6-12H,1-5H3/q+1. The molecule has 2 rings (SSSR count). The normalized spacial score (nSPS) is 11.0. The number of nitrogens with zero attached hydrogens (tertiary/aromatic N) is 1. The van der Waals surface area contributed by atoms with E-state index in [4.69, 9.17) is 0 Å². The van der Waals surface area contributed by atoms with E-state index < -0.39 is 0 Å². The topological polar surface area (TPSA) is 3.88 Å². The minimum Gasteiger partial charge on any atom is -0.201 e. The third-order valence-electron chi connectivity index (χ3n) is 3.47. The fourth-order valence-corrected chi connectivity index (χ4v) is 2.36. The van der Waals surface area contributed by atoms with Crippen LogP contribution in [0.5, 0.6) is 0 Å². The van der Waals surface area contributed by atoms with E-state index in [1.54, 1.807) is 0 Å². The number of benzene rings is 1. The van der Waals surface area contributed by atoms with Crippen LogP contribution in [0.2, 0.25) is 0 Å². The predicted molar refractivity (Wildman–Crippen MR) is 76.6 cm³/mol. The number of pyridine rings is 1. The first kappa shape index (κ1) is 12.8. The molecule has 0 saturated heterocycles. The van der Waals surface area contributed by atoms with E-state index in [2.05, 4.69) is 75.8 Å². The number of aryl methyl sites for hydroxylation is 3. The van der Waals surface area contributed by atoms with Gasteiger partial charge in [0.15, 0.2) is 6.20 Å². The minimum absolute atomic E-state index is 0.588. The van der Waals surface area contributed by atoms with Crippen LogP contribution in [0.3, 0.4) is 0 Å². The van der Waals surface area contributed by atoms with Gasteiger partial charge in [-0.25, -0.2) is 4.57 Å². The Morgan fingerprint density at radius 1 is 1.00 bits per heavy atom. The summed E-state index contributed by atoms with van der Waals surface area (Å²) in [5.41, 5.74) is 6.64. The van der Waals surface area contributed by atoms with Crippen LogP contribution in [0.25, 0.3) is 11.3 Å². The molecule has 1 nitrogen and oxygen atoms in total. The van der Waals surface area contributed by atoms with Gasteiger partial charge in [0, 0.05) is 17.2 Å². The fourth-order valence-electron chi connectivity index (χ4n) is 2.36. The summed E-state index contributed by atoms with van der Waals surface area (Å²) in [4.78, 5) is 0. The first-order valence-corrected chi connectivity index (χ1v) is 6.56. The van der Waals surface area contributed by atoms with Crippen molar-refractivity contribution in [2.45, 2.75) is 33.6 Å². The van der Waals surface area contributed by atoms with Crippen LogP contribution in [-0.4, -0.2) is 0 Å². The molecule has 94 valence electrons. The van der Waals surface area contributed by atoms with Crippen molar-refractivity contribution < 1.29 is 4.57 Å². The van der Waals surface area contributed by atoms with Crippen molar-refractivity contribution in [3.8, 4) is 11.3 Å². The molecular formula is C17H22N+. The lowest BCUT2D eigenvalue weighted by Crippen LogP contribution is -2.31. The van der Waals surface area contributed by atoms with Gasteiger partial charge in [-0.15, -0.1) is 0 Å². The molecule has 1 aromatic heterocycles. The van der Waals surface area contributed by atoms with Gasteiger partial charge in [-0.05, 0) is 43.0 Å². The molecule has 18 heavy (non-hydrogen) atoms. The lowest BCUT2D eigenvalue weighted by atomic mass is 9.96. The number of aromatic nitrogens is 1. The van der Waals surface area contributed by atoms with Gasteiger partial charge in [-0.3, -0.25) is 0 Å². The summed E-state index contributed by atoms with van der Waals surface area (Å²) in [7, 11) is 2.11. The SMILES string of the molecule is Cc1ccc(-c2ccc(C(C)C)cc2C)[n+](C)c1. The largest absolute Gasteiger partial charge is 0.212 e. The molecule has 0 amide bonds. The van der Waals surface area contributed by atoms with E-state index in [0.29, 0.717) is 5.92 Å². The Hall–Kier alpha value is -1.63. The Bertz CT molecular complexity index is 568. The molecule has 0 fully saturated rings. The molecule has 0 unspecified atom stereocenters.